The van der Waals surface area contributed by atoms with Crippen molar-refractivity contribution in [3.8, 4) is 56.5 Å². The van der Waals surface area contributed by atoms with Crippen LogP contribution in [0.15, 0.2) is 212 Å². The number of ether oxygens (including phenoxy) is 1. The number of benzene rings is 9. The minimum atomic E-state index is 0.159. The van der Waals surface area contributed by atoms with Crippen molar-refractivity contribution in [1.82, 2.24) is 19.5 Å². The van der Waals surface area contributed by atoms with Gasteiger partial charge in [-0.25, -0.2) is 15.0 Å². The Bertz CT molecular complexity index is 3860. The molecule has 2 aromatic heterocycles. The summed E-state index contributed by atoms with van der Waals surface area (Å²) in [6.07, 6.45) is 2.48. The number of nitrogens with zero attached hydrogens (tertiary/aromatic N) is 4. The highest BCUT2D eigenvalue weighted by Gasteiger charge is 2.28. The van der Waals surface area contributed by atoms with Gasteiger partial charge in [-0.15, -0.1) is 0 Å². The first kappa shape index (κ1) is 39.7. The Hall–Kier alpha value is -8.63. The maximum Gasteiger partial charge on any atom is 0.177 e. The van der Waals surface area contributed by atoms with E-state index < -0.39 is 0 Å². The molecule has 1 aliphatic carbocycles. The average Bonchev–Trinajstić information content (AvgIpc) is 3.65. The lowest BCUT2D eigenvalue weighted by atomic mass is 9.88. The Morgan fingerprint density at radius 3 is 2.00 bits per heavy atom. The van der Waals surface area contributed by atoms with E-state index >= 15 is 0 Å². The van der Waals surface area contributed by atoms with Gasteiger partial charge in [0.2, 0.25) is 0 Å². The fourth-order valence-electron chi connectivity index (χ4n) is 10.7. The van der Waals surface area contributed by atoms with Crippen molar-refractivity contribution < 1.29 is 4.74 Å². The summed E-state index contributed by atoms with van der Waals surface area (Å²) in [6, 6.07) is 73.4. The van der Waals surface area contributed by atoms with Crippen molar-refractivity contribution in [3.05, 3.63) is 240 Å². The molecule has 322 valence electrons. The van der Waals surface area contributed by atoms with Crippen molar-refractivity contribution in [1.29, 1.82) is 0 Å². The minimum Gasteiger partial charge on any atom is -0.448 e. The van der Waals surface area contributed by atoms with Gasteiger partial charge in [0.15, 0.2) is 17.4 Å². The number of hydrogen-bond acceptors (Lipinski definition) is 4. The van der Waals surface area contributed by atoms with E-state index in [1.807, 2.05) is 36.4 Å². The van der Waals surface area contributed by atoms with Gasteiger partial charge in [-0.2, -0.15) is 0 Å². The van der Waals surface area contributed by atoms with Crippen LogP contribution in [0.4, 0.5) is 0 Å². The molecule has 3 heterocycles. The maximum absolute atomic E-state index is 6.59. The molecular weight excluding hydrogens is 829 g/mol. The normalized spacial score (nSPS) is 14.1. The van der Waals surface area contributed by atoms with Gasteiger partial charge >= 0.3 is 0 Å². The van der Waals surface area contributed by atoms with Crippen molar-refractivity contribution >= 4 is 43.9 Å². The van der Waals surface area contributed by atoms with E-state index in [1.165, 1.54) is 44.1 Å². The van der Waals surface area contributed by atoms with Crippen LogP contribution in [0.1, 0.15) is 47.3 Å². The number of allylic oxidation sites excluding steroid dienone is 1. The Balaban J connectivity index is 0.942. The van der Waals surface area contributed by atoms with Crippen LogP contribution < -0.4 is 4.74 Å². The SMILES string of the molecule is CC1=C=C(c2ccc(-n3c4ccccc4c4ccc5c(c43)CCC(Cc3nc(-c4ccccc4)nc(-c4cccc(-c6ccccc6)c4)n3)c3ccccc3-5)c3ccccc23)Oc2ccccc21. The monoisotopic (exact) mass is 872 g/mol. The smallest absolute Gasteiger partial charge is 0.177 e. The zero-order valence-corrected chi connectivity index (χ0v) is 37.5. The molecule has 11 aromatic rings. The molecule has 5 heteroatoms. The van der Waals surface area contributed by atoms with Crippen LogP contribution in [0.3, 0.4) is 0 Å². The molecule has 2 aliphatic rings. The number of aryl methyl sites for hydroxylation is 1. The van der Waals surface area contributed by atoms with E-state index in [0.29, 0.717) is 18.1 Å². The summed E-state index contributed by atoms with van der Waals surface area (Å²) in [7, 11) is 0. The summed E-state index contributed by atoms with van der Waals surface area (Å²) in [5.41, 5.74) is 19.8. The quantitative estimate of drug-likeness (QED) is 0.150. The van der Waals surface area contributed by atoms with E-state index in [9.17, 15) is 0 Å². The van der Waals surface area contributed by atoms with Gasteiger partial charge < -0.3 is 9.30 Å². The van der Waals surface area contributed by atoms with Gasteiger partial charge in [-0.05, 0) is 94.8 Å². The molecule has 5 nitrogen and oxygen atoms in total. The van der Waals surface area contributed by atoms with Gasteiger partial charge in [-0.3, -0.25) is 0 Å². The lowest BCUT2D eigenvalue weighted by molar-refractivity contribution is 0.512. The minimum absolute atomic E-state index is 0.159. The molecular formula is C63H44N4O. The molecule has 68 heavy (non-hydrogen) atoms. The molecule has 0 radical (unpaired) electrons. The first-order chi connectivity index (χ1) is 33.6. The van der Waals surface area contributed by atoms with Gasteiger partial charge in [0.05, 0.1) is 16.7 Å². The van der Waals surface area contributed by atoms with Gasteiger partial charge in [0.1, 0.15) is 11.6 Å². The fraction of sp³-hybridized carbons (Fsp3) is 0.0794. The van der Waals surface area contributed by atoms with Crippen LogP contribution in [0.2, 0.25) is 0 Å². The molecule has 9 aromatic carbocycles. The Morgan fingerprint density at radius 1 is 0.515 bits per heavy atom. The van der Waals surface area contributed by atoms with Gasteiger partial charge in [0.25, 0.3) is 0 Å². The number of rotatable bonds is 7. The van der Waals surface area contributed by atoms with Crippen molar-refractivity contribution in [2.75, 3.05) is 0 Å². The highest BCUT2D eigenvalue weighted by molar-refractivity contribution is 6.13. The molecule has 0 N–H and O–H groups in total. The highest BCUT2D eigenvalue weighted by atomic mass is 16.5. The molecule has 1 aliphatic heterocycles. The first-order valence-corrected chi connectivity index (χ1v) is 23.5. The predicted molar refractivity (Wildman–Crippen MR) is 278 cm³/mol. The van der Waals surface area contributed by atoms with Crippen LogP contribution in [0.5, 0.6) is 5.75 Å². The lowest BCUT2D eigenvalue weighted by Gasteiger charge is -2.20. The molecule has 13 rings (SSSR count). The molecule has 1 atom stereocenters. The van der Waals surface area contributed by atoms with Crippen LogP contribution in [-0.4, -0.2) is 19.5 Å². The third-order valence-electron chi connectivity index (χ3n) is 13.9. The third-order valence-corrected chi connectivity index (χ3v) is 13.9. The van der Waals surface area contributed by atoms with Crippen molar-refractivity contribution in [2.45, 2.75) is 32.1 Å². The van der Waals surface area contributed by atoms with Crippen LogP contribution in [-0.2, 0) is 12.8 Å². The highest BCUT2D eigenvalue weighted by Crippen LogP contribution is 2.46. The van der Waals surface area contributed by atoms with E-state index in [-0.39, 0.29) is 5.92 Å². The summed E-state index contributed by atoms with van der Waals surface area (Å²) in [5.74, 6) is 3.92. The molecule has 0 spiro atoms. The number of fused-ring (bicyclic) bond motifs is 9. The van der Waals surface area contributed by atoms with Crippen LogP contribution in [0, 0.1) is 0 Å². The second-order valence-electron chi connectivity index (χ2n) is 17.9. The number of para-hydroxylation sites is 2. The Labute approximate surface area is 395 Å². The summed E-state index contributed by atoms with van der Waals surface area (Å²) in [4.78, 5) is 15.6. The zero-order valence-electron chi connectivity index (χ0n) is 37.5. The Morgan fingerprint density at radius 2 is 1.16 bits per heavy atom. The standard InChI is InChI=1S/C63H44N4O/c1-40-37-59(68-58-30-15-13-23-46(40)58)53-35-36-57(51-27-11-10-26-49(51)53)67-56-29-14-12-28-52(56)55-34-33-50-48-25-9-8-24-47(48)44(31-32-54(50)61(55)67)39-60-64-62(42-19-6-3-7-20-42)66-63(65-60)45-22-16-21-43(38-45)41-17-4-2-5-18-41/h2-30,33-36,38,44H,31-32,39H2,1H3. The average molecular weight is 873 g/mol. The Kier molecular flexibility index (Phi) is 9.55. The zero-order chi connectivity index (χ0) is 45.1. The summed E-state index contributed by atoms with van der Waals surface area (Å²) in [5, 5.41) is 4.77. The van der Waals surface area contributed by atoms with E-state index in [2.05, 4.69) is 187 Å². The number of aromatic nitrogens is 4. The molecule has 0 bridgehead atoms. The maximum atomic E-state index is 6.59. The summed E-state index contributed by atoms with van der Waals surface area (Å²) >= 11 is 0. The molecule has 0 fully saturated rings. The lowest BCUT2D eigenvalue weighted by Crippen LogP contribution is -2.10. The topological polar surface area (TPSA) is 52.8 Å². The summed E-state index contributed by atoms with van der Waals surface area (Å²) in [6.45, 7) is 2.11. The fourth-order valence-corrected chi connectivity index (χ4v) is 10.7. The van der Waals surface area contributed by atoms with Crippen molar-refractivity contribution in [2.24, 2.45) is 0 Å². The van der Waals surface area contributed by atoms with E-state index in [0.717, 1.165) is 85.6 Å². The molecule has 0 amide bonds. The van der Waals surface area contributed by atoms with E-state index in [1.54, 1.807) is 0 Å². The second kappa shape index (κ2) is 16.4. The predicted octanol–water partition coefficient (Wildman–Crippen LogP) is 15.5. The van der Waals surface area contributed by atoms with Gasteiger partial charge in [-0.1, -0.05) is 182 Å². The van der Waals surface area contributed by atoms with E-state index in [4.69, 9.17) is 19.7 Å². The summed E-state index contributed by atoms with van der Waals surface area (Å²) < 4.78 is 9.11. The molecule has 1 unspecified atom stereocenters. The van der Waals surface area contributed by atoms with Gasteiger partial charge in [0, 0.05) is 50.4 Å². The molecule has 0 saturated heterocycles. The largest absolute Gasteiger partial charge is 0.448 e. The van der Waals surface area contributed by atoms with Crippen molar-refractivity contribution in [3.63, 3.8) is 0 Å². The molecule has 0 saturated carbocycles. The third kappa shape index (κ3) is 6.75. The number of hydrogen-bond donors (Lipinski definition) is 0. The van der Waals surface area contributed by atoms with Crippen LogP contribution in [0.25, 0.3) is 94.6 Å². The first-order valence-electron chi connectivity index (χ1n) is 23.5. The van der Waals surface area contributed by atoms with Crippen LogP contribution >= 0.6 is 0 Å². The second-order valence-corrected chi connectivity index (χ2v) is 17.9.